The van der Waals surface area contributed by atoms with Gasteiger partial charge in [0.2, 0.25) is 10.0 Å². The molecule has 0 spiro atoms. The fraction of sp³-hybridized carbons (Fsp3) is 0.333. The zero-order chi connectivity index (χ0) is 25.7. The van der Waals surface area contributed by atoms with Gasteiger partial charge >= 0.3 is 6.09 Å². The summed E-state index contributed by atoms with van der Waals surface area (Å²) in [6.45, 7) is 6.09. The number of hydrogen-bond donors (Lipinski definition) is 3. The number of carbonyl (C=O) groups excluding carboxylic acids is 2. The number of amides is 2. The molecule has 2 aromatic carbocycles. The van der Waals surface area contributed by atoms with Crippen LogP contribution >= 0.6 is 0 Å². The number of ether oxygens (including phenoxy) is 1. The fourth-order valence-corrected chi connectivity index (χ4v) is 4.41. The Hall–Kier alpha value is -3.55. The van der Waals surface area contributed by atoms with Gasteiger partial charge in [-0.05, 0) is 57.5 Å². The molecule has 0 radical (unpaired) electrons. The van der Waals surface area contributed by atoms with Crippen LogP contribution in [-0.4, -0.2) is 46.5 Å². The smallest absolute Gasteiger partial charge is 0.412 e. The van der Waals surface area contributed by atoms with Gasteiger partial charge in [-0.1, -0.05) is 12.1 Å². The van der Waals surface area contributed by atoms with Gasteiger partial charge in [-0.2, -0.15) is 4.31 Å². The lowest BCUT2D eigenvalue weighted by molar-refractivity contribution is -0.384. The number of hydroxylamine groups is 1. The van der Waals surface area contributed by atoms with E-state index in [2.05, 4.69) is 5.32 Å². The van der Waals surface area contributed by atoms with Crippen LogP contribution in [0.1, 0.15) is 33.3 Å². The quantitative estimate of drug-likeness (QED) is 0.286. The van der Waals surface area contributed by atoms with Crippen molar-refractivity contribution in [2.75, 3.05) is 5.32 Å². The molecule has 0 saturated heterocycles. The monoisotopic (exact) mass is 494 g/mol. The van der Waals surface area contributed by atoms with Crippen LogP contribution in [-0.2, 0) is 26.1 Å². The maximum atomic E-state index is 13.3. The predicted molar refractivity (Wildman–Crippen MR) is 122 cm³/mol. The molecule has 13 heteroatoms. The third-order valence-electron chi connectivity index (χ3n) is 4.51. The summed E-state index contributed by atoms with van der Waals surface area (Å²) in [6, 6.07) is 9.07. The van der Waals surface area contributed by atoms with Crippen molar-refractivity contribution in [2.45, 2.75) is 50.8 Å². The van der Waals surface area contributed by atoms with Gasteiger partial charge in [0.1, 0.15) is 11.6 Å². The molecule has 3 N–H and O–H groups in total. The second kappa shape index (κ2) is 10.6. The first-order valence-electron chi connectivity index (χ1n) is 10.0. The molecule has 0 aromatic heterocycles. The van der Waals surface area contributed by atoms with Crippen molar-refractivity contribution in [3.63, 3.8) is 0 Å². The van der Waals surface area contributed by atoms with Crippen LogP contribution < -0.4 is 10.8 Å². The maximum absolute atomic E-state index is 13.3. The van der Waals surface area contributed by atoms with E-state index in [4.69, 9.17) is 9.94 Å². The van der Waals surface area contributed by atoms with Crippen molar-refractivity contribution < 1.29 is 32.9 Å². The van der Waals surface area contributed by atoms with E-state index in [1.165, 1.54) is 60.9 Å². The number of benzene rings is 2. The lowest BCUT2D eigenvalue weighted by Gasteiger charge is -2.27. The zero-order valence-corrected chi connectivity index (χ0v) is 19.8. The van der Waals surface area contributed by atoms with Gasteiger partial charge in [0.05, 0.1) is 9.82 Å². The average molecular weight is 495 g/mol. The molecule has 184 valence electrons. The molecule has 0 aliphatic rings. The number of sulfonamides is 1. The first-order valence-corrected chi connectivity index (χ1v) is 11.5. The zero-order valence-electron chi connectivity index (χ0n) is 19.0. The number of anilines is 1. The molecule has 34 heavy (non-hydrogen) atoms. The van der Waals surface area contributed by atoms with E-state index in [1.807, 2.05) is 0 Å². The summed E-state index contributed by atoms with van der Waals surface area (Å²) in [6.07, 6.45) is -0.712. The predicted octanol–water partition coefficient (Wildman–Crippen LogP) is 3.03. The molecule has 0 aliphatic heterocycles. The SMILES string of the molecule is C[C@@H](C(=O)NO)N(Cc1ccc([N+](=O)[O-])cc1)S(=O)(=O)c1ccc(NC(=O)OC(C)(C)C)cc1. The van der Waals surface area contributed by atoms with Gasteiger partial charge in [0.15, 0.2) is 0 Å². The van der Waals surface area contributed by atoms with Crippen molar-refractivity contribution in [3.05, 3.63) is 64.2 Å². The first kappa shape index (κ1) is 26.7. The number of non-ortho nitro benzene ring substituents is 1. The number of nitro groups is 1. The van der Waals surface area contributed by atoms with E-state index >= 15 is 0 Å². The van der Waals surface area contributed by atoms with Gasteiger partial charge in [0, 0.05) is 24.4 Å². The molecule has 12 nitrogen and oxygen atoms in total. The molecule has 2 aromatic rings. The highest BCUT2D eigenvalue weighted by atomic mass is 32.2. The van der Waals surface area contributed by atoms with Crippen molar-refractivity contribution in [2.24, 2.45) is 0 Å². The highest BCUT2D eigenvalue weighted by molar-refractivity contribution is 7.89. The van der Waals surface area contributed by atoms with Crippen LogP contribution in [0, 0.1) is 10.1 Å². The average Bonchev–Trinajstić information content (AvgIpc) is 2.75. The lowest BCUT2D eigenvalue weighted by atomic mass is 10.2. The summed E-state index contributed by atoms with van der Waals surface area (Å²) in [7, 11) is -4.27. The molecule has 0 aliphatic carbocycles. The summed E-state index contributed by atoms with van der Waals surface area (Å²) in [4.78, 5) is 34.0. The molecule has 2 amide bonds. The van der Waals surface area contributed by atoms with Crippen molar-refractivity contribution in [3.8, 4) is 0 Å². The third-order valence-corrected chi connectivity index (χ3v) is 6.44. The van der Waals surface area contributed by atoms with E-state index in [9.17, 15) is 28.1 Å². The molecule has 0 heterocycles. The Morgan fingerprint density at radius 1 is 1.12 bits per heavy atom. The summed E-state index contributed by atoms with van der Waals surface area (Å²) in [5.74, 6) is -0.964. The summed E-state index contributed by atoms with van der Waals surface area (Å²) in [5.41, 5.74) is 1.22. The summed E-state index contributed by atoms with van der Waals surface area (Å²) < 4.78 is 32.7. The number of rotatable bonds is 8. The van der Waals surface area contributed by atoms with Gasteiger partial charge in [-0.15, -0.1) is 0 Å². The lowest BCUT2D eigenvalue weighted by Crippen LogP contribution is -2.46. The highest BCUT2D eigenvalue weighted by Gasteiger charge is 2.33. The Kier molecular flexibility index (Phi) is 8.31. The van der Waals surface area contributed by atoms with Gasteiger partial charge in [-0.3, -0.25) is 25.4 Å². The van der Waals surface area contributed by atoms with Crippen LogP contribution in [0.3, 0.4) is 0 Å². The standard InChI is InChI=1S/C21H26N4O8S/c1-14(19(26)23-28)24(13-15-5-9-17(10-6-15)25(29)30)34(31,32)18-11-7-16(8-12-18)22-20(27)33-21(2,3)4/h5-12,14,28H,13H2,1-4H3,(H,22,27)(H,23,26)/t14-/m0/s1. The van der Waals surface area contributed by atoms with E-state index < -0.39 is 38.6 Å². The summed E-state index contributed by atoms with van der Waals surface area (Å²) >= 11 is 0. The van der Waals surface area contributed by atoms with Crippen molar-refractivity contribution >= 4 is 33.4 Å². The minimum atomic E-state index is -4.27. The highest BCUT2D eigenvalue weighted by Crippen LogP contribution is 2.24. The molecule has 2 rings (SSSR count). The molecular formula is C21H26N4O8S. The Morgan fingerprint density at radius 2 is 1.68 bits per heavy atom. The number of nitro benzene ring substituents is 1. The molecule has 0 bridgehead atoms. The third kappa shape index (κ3) is 6.97. The van der Waals surface area contributed by atoms with Crippen LogP contribution in [0.5, 0.6) is 0 Å². The first-order chi connectivity index (χ1) is 15.7. The van der Waals surface area contributed by atoms with Crippen molar-refractivity contribution in [1.29, 1.82) is 0 Å². The maximum Gasteiger partial charge on any atom is 0.412 e. The normalized spacial score (nSPS) is 12.6. The molecule has 0 fully saturated rings. The topological polar surface area (TPSA) is 168 Å². The van der Waals surface area contributed by atoms with Crippen LogP contribution in [0.25, 0.3) is 0 Å². The van der Waals surface area contributed by atoms with E-state index in [-0.39, 0.29) is 22.8 Å². The minimum Gasteiger partial charge on any atom is -0.444 e. The Bertz CT molecular complexity index is 1140. The molecule has 1 atom stereocenters. The number of carbonyl (C=O) groups is 2. The molecule has 0 saturated carbocycles. The Balaban J connectivity index is 2.32. The van der Waals surface area contributed by atoms with E-state index in [1.54, 1.807) is 20.8 Å². The van der Waals surface area contributed by atoms with E-state index in [0.717, 1.165) is 4.31 Å². The molecular weight excluding hydrogens is 468 g/mol. The van der Waals surface area contributed by atoms with Crippen LogP contribution in [0.2, 0.25) is 0 Å². The molecule has 0 unspecified atom stereocenters. The second-order valence-corrected chi connectivity index (χ2v) is 10.2. The minimum absolute atomic E-state index is 0.174. The fourth-order valence-electron chi connectivity index (χ4n) is 2.82. The number of nitrogens with one attached hydrogen (secondary N) is 2. The van der Waals surface area contributed by atoms with Gasteiger partial charge in [0.25, 0.3) is 11.6 Å². The van der Waals surface area contributed by atoms with Crippen LogP contribution in [0.15, 0.2) is 53.4 Å². The number of nitrogens with zero attached hydrogens (tertiary/aromatic N) is 2. The summed E-state index contributed by atoms with van der Waals surface area (Å²) in [5, 5.41) is 22.4. The van der Waals surface area contributed by atoms with Crippen molar-refractivity contribution in [1.82, 2.24) is 9.79 Å². The van der Waals surface area contributed by atoms with Crippen LogP contribution in [0.4, 0.5) is 16.2 Å². The van der Waals surface area contributed by atoms with Gasteiger partial charge in [-0.25, -0.2) is 18.7 Å². The number of hydrogen-bond acceptors (Lipinski definition) is 8. The largest absolute Gasteiger partial charge is 0.444 e. The van der Waals surface area contributed by atoms with E-state index in [0.29, 0.717) is 5.56 Å². The Labute approximate surface area is 196 Å². The second-order valence-electron chi connectivity index (χ2n) is 8.28. The van der Waals surface area contributed by atoms with Gasteiger partial charge < -0.3 is 4.74 Å². The Morgan fingerprint density at radius 3 is 2.15 bits per heavy atom.